The molecule has 0 atom stereocenters. The van der Waals surface area contributed by atoms with E-state index in [1.165, 1.54) is 24.3 Å². The smallest absolute Gasteiger partial charge is 0.178 e. The maximum atomic E-state index is 11.6. The van der Waals surface area contributed by atoms with Crippen LogP contribution in [0.2, 0.25) is 0 Å². The van der Waals surface area contributed by atoms with Gasteiger partial charge in [0.2, 0.25) is 0 Å². The van der Waals surface area contributed by atoms with Crippen molar-refractivity contribution in [1.29, 1.82) is 0 Å². The molecule has 0 saturated heterocycles. The molecule has 0 bridgehead atoms. The lowest BCUT2D eigenvalue weighted by Crippen LogP contribution is -2.06. The predicted molar refractivity (Wildman–Crippen MR) is 53.6 cm³/mol. The van der Waals surface area contributed by atoms with E-state index in [0.717, 1.165) is 0 Å². The average Bonchev–Trinajstić information content (AvgIpc) is 2.18. The second-order valence-corrected chi connectivity index (χ2v) is 5.02. The monoisotopic (exact) mass is 215 g/mol. The fourth-order valence-electron chi connectivity index (χ4n) is 1.11. The van der Waals surface area contributed by atoms with E-state index >= 15 is 0 Å². The van der Waals surface area contributed by atoms with Gasteiger partial charge in [0.25, 0.3) is 0 Å². The molecule has 0 spiro atoms. The first kappa shape index (κ1) is 11.0. The Labute approximate surface area is 83.6 Å². The fraction of sp³-hybridized carbons (Fsp3) is 0.333. The summed E-state index contributed by atoms with van der Waals surface area (Å²) in [5.74, 6) is 5.53. The number of nitrogens with two attached hydrogens (primary N) is 1. The molecular formula is C9H13NO3S. The minimum absolute atomic E-state index is 0.163. The van der Waals surface area contributed by atoms with Crippen LogP contribution in [0.15, 0.2) is 29.2 Å². The highest BCUT2D eigenvalue weighted by Crippen LogP contribution is 2.16. The van der Waals surface area contributed by atoms with Gasteiger partial charge in [-0.05, 0) is 30.7 Å². The van der Waals surface area contributed by atoms with Gasteiger partial charge in [-0.15, -0.1) is 0 Å². The van der Waals surface area contributed by atoms with Gasteiger partial charge in [0.1, 0.15) is 5.75 Å². The van der Waals surface area contributed by atoms with Crippen LogP contribution in [0.4, 0.5) is 0 Å². The molecule has 0 saturated carbocycles. The summed E-state index contributed by atoms with van der Waals surface area (Å²) in [6.07, 6.45) is 0.609. The summed E-state index contributed by atoms with van der Waals surface area (Å²) in [5, 5.41) is 0. The van der Waals surface area contributed by atoms with Gasteiger partial charge >= 0.3 is 0 Å². The van der Waals surface area contributed by atoms with Crippen molar-refractivity contribution in [1.82, 2.24) is 0 Å². The number of rotatable bonds is 4. The molecule has 1 aromatic rings. The Kier molecular flexibility index (Phi) is 3.49. The lowest BCUT2D eigenvalue weighted by molar-refractivity contribution is 0.334. The van der Waals surface area contributed by atoms with Crippen LogP contribution in [0, 0.1) is 0 Å². The van der Waals surface area contributed by atoms with Crippen molar-refractivity contribution in [3.05, 3.63) is 24.3 Å². The summed E-state index contributed by atoms with van der Waals surface area (Å²) in [4.78, 5) is 4.75. The molecule has 0 heterocycles. The van der Waals surface area contributed by atoms with Gasteiger partial charge in [-0.1, -0.05) is 6.92 Å². The molecule has 0 aliphatic carbocycles. The highest BCUT2D eigenvalue weighted by molar-refractivity contribution is 7.91. The van der Waals surface area contributed by atoms with E-state index in [4.69, 9.17) is 5.90 Å². The standard InChI is InChI=1S/C9H13NO3S/c1-2-7-14(11,12)9-5-3-8(13-10)4-6-9/h3-6H,2,7,10H2,1H3. The Hall–Kier alpha value is -1.07. The van der Waals surface area contributed by atoms with Gasteiger partial charge in [-0.3, -0.25) is 0 Å². The first-order chi connectivity index (χ1) is 6.60. The summed E-state index contributed by atoms with van der Waals surface area (Å²) in [7, 11) is -3.13. The summed E-state index contributed by atoms with van der Waals surface area (Å²) in [6, 6.07) is 6.05. The molecule has 5 heteroatoms. The molecule has 2 N–H and O–H groups in total. The maximum Gasteiger partial charge on any atom is 0.178 e. The second-order valence-electron chi connectivity index (χ2n) is 2.91. The predicted octanol–water partition coefficient (Wildman–Crippen LogP) is 1.12. The van der Waals surface area contributed by atoms with Crippen LogP contribution in [0.3, 0.4) is 0 Å². The molecule has 1 aromatic carbocycles. The van der Waals surface area contributed by atoms with Crippen molar-refractivity contribution in [2.24, 2.45) is 5.90 Å². The van der Waals surface area contributed by atoms with E-state index in [1.807, 2.05) is 6.92 Å². The van der Waals surface area contributed by atoms with Gasteiger partial charge < -0.3 is 4.84 Å². The van der Waals surface area contributed by atoms with E-state index in [1.54, 1.807) is 0 Å². The number of hydrogen-bond acceptors (Lipinski definition) is 4. The Morgan fingerprint density at radius 3 is 2.29 bits per heavy atom. The molecular weight excluding hydrogens is 202 g/mol. The van der Waals surface area contributed by atoms with Crippen molar-refractivity contribution >= 4 is 9.84 Å². The molecule has 0 unspecified atom stereocenters. The molecule has 0 amide bonds. The minimum Gasteiger partial charge on any atom is -0.412 e. The molecule has 14 heavy (non-hydrogen) atoms. The van der Waals surface area contributed by atoms with E-state index < -0.39 is 9.84 Å². The van der Waals surface area contributed by atoms with E-state index in [-0.39, 0.29) is 5.75 Å². The molecule has 0 aliphatic rings. The van der Waals surface area contributed by atoms with Crippen molar-refractivity contribution in [2.75, 3.05) is 5.75 Å². The third-order valence-electron chi connectivity index (χ3n) is 1.79. The summed E-state index contributed by atoms with van der Waals surface area (Å²) < 4.78 is 23.1. The molecule has 1 rings (SSSR count). The Bertz CT molecular complexity index is 383. The van der Waals surface area contributed by atoms with Crippen LogP contribution >= 0.6 is 0 Å². The van der Waals surface area contributed by atoms with Gasteiger partial charge in [0, 0.05) is 0 Å². The molecule has 0 aromatic heterocycles. The molecule has 78 valence electrons. The Morgan fingerprint density at radius 2 is 1.86 bits per heavy atom. The topological polar surface area (TPSA) is 69.4 Å². The number of hydrogen-bond donors (Lipinski definition) is 1. The normalized spacial score (nSPS) is 11.3. The first-order valence-corrected chi connectivity index (χ1v) is 5.95. The van der Waals surface area contributed by atoms with Crippen LogP contribution in [-0.2, 0) is 9.84 Å². The van der Waals surface area contributed by atoms with Gasteiger partial charge in [0.15, 0.2) is 9.84 Å². The SMILES string of the molecule is CCCS(=O)(=O)c1ccc(ON)cc1. The zero-order valence-corrected chi connectivity index (χ0v) is 8.75. The largest absolute Gasteiger partial charge is 0.412 e. The summed E-state index contributed by atoms with van der Waals surface area (Å²) in [5.41, 5.74) is 0. The van der Waals surface area contributed by atoms with Crippen molar-refractivity contribution in [3.8, 4) is 5.75 Å². The molecule has 0 radical (unpaired) electrons. The van der Waals surface area contributed by atoms with Crippen molar-refractivity contribution in [3.63, 3.8) is 0 Å². The van der Waals surface area contributed by atoms with Crippen LogP contribution in [0.5, 0.6) is 5.75 Å². The maximum absolute atomic E-state index is 11.6. The van der Waals surface area contributed by atoms with Gasteiger partial charge in [0.05, 0.1) is 10.6 Å². The fourth-order valence-corrected chi connectivity index (χ4v) is 2.44. The minimum atomic E-state index is -3.13. The highest BCUT2D eigenvalue weighted by Gasteiger charge is 2.12. The lowest BCUT2D eigenvalue weighted by atomic mass is 10.3. The third-order valence-corrected chi connectivity index (χ3v) is 3.73. The Balaban J connectivity index is 2.97. The molecule has 4 nitrogen and oxygen atoms in total. The van der Waals surface area contributed by atoms with Crippen LogP contribution in [0.1, 0.15) is 13.3 Å². The average molecular weight is 215 g/mol. The van der Waals surface area contributed by atoms with Gasteiger partial charge in [-0.25, -0.2) is 8.42 Å². The summed E-state index contributed by atoms with van der Waals surface area (Å²) in [6.45, 7) is 1.83. The number of benzene rings is 1. The van der Waals surface area contributed by atoms with E-state index in [9.17, 15) is 8.42 Å². The van der Waals surface area contributed by atoms with Crippen molar-refractivity contribution in [2.45, 2.75) is 18.2 Å². The number of sulfone groups is 1. The van der Waals surface area contributed by atoms with Crippen LogP contribution in [0.25, 0.3) is 0 Å². The first-order valence-electron chi connectivity index (χ1n) is 4.29. The highest BCUT2D eigenvalue weighted by atomic mass is 32.2. The van der Waals surface area contributed by atoms with Gasteiger partial charge in [-0.2, -0.15) is 5.90 Å². The molecule has 0 fully saturated rings. The van der Waals surface area contributed by atoms with Crippen LogP contribution in [-0.4, -0.2) is 14.2 Å². The van der Waals surface area contributed by atoms with Crippen molar-refractivity contribution < 1.29 is 13.3 Å². The van der Waals surface area contributed by atoms with E-state index in [2.05, 4.69) is 4.84 Å². The molecule has 0 aliphatic heterocycles. The second kappa shape index (κ2) is 4.43. The zero-order valence-electron chi connectivity index (χ0n) is 7.93. The van der Waals surface area contributed by atoms with E-state index in [0.29, 0.717) is 17.1 Å². The summed E-state index contributed by atoms with van der Waals surface area (Å²) >= 11 is 0. The quantitative estimate of drug-likeness (QED) is 0.764. The lowest BCUT2D eigenvalue weighted by Gasteiger charge is -2.03. The Morgan fingerprint density at radius 1 is 1.29 bits per heavy atom. The van der Waals surface area contributed by atoms with Crippen LogP contribution < -0.4 is 10.7 Å². The third kappa shape index (κ3) is 2.46. The zero-order chi connectivity index (χ0) is 10.6.